The summed E-state index contributed by atoms with van der Waals surface area (Å²) in [6, 6.07) is -0.561. The number of nitrogens with one attached hydrogen (secondary N) is 1. The number of carboxylic acid groups (broad SMARTS) is 1. The van der Waals surface area contributed by atoms with Crippen LogP contribution in [0.4, 0.5) is 0 Å². The molecular weight excluding hydrogens is 194 g/mol. The zero-order valence-electron chi connectivity index (χ0n) is 8.73. The molecule has 0 bridgehead atoms. The Hall–Kier alpha value is -1.36. The van der Waals surface area contributed by atoms with Gasteiger partial charge in [0.1, 0.15) is 5.82 Å². The number of aliphatic carboxylic acids is 1. The molecule has 0 saturated carbocycles. The zero-order valence-corrected chi connectivity index (χ0v) is 8.73. The summed E-state index contributed by atoms with van der Waals surface area (Å²) >= 11 is 0. The number of aryl methyl sites for hydroxylation is 1. The van der Waals surface area contributed by atoms with Crippen molar-refractivity contribution in [1.29, 1.82) is 0 Å². The second-order valence-corrected chi connectivity index (χ2v) is 3.91. The molecule has 0 spiro atoms. The summed E-state index contributed by atoms with van der Waals surface area (Å²) in [5.74, 6) is -0.0454. The number of hydrogen-bond acceptors (Lipinski definition) is 3. The Kier molecular flexibility index (Phi) is 2.73. The van der Waals surface area contributed by atoms with E-state index in [0.717, 1.165) is 31.8 Å². The van der Waals surface area contributed by atoms with Crippen LogP contribution in [0.25, 0.3) is 0 Å². The normalized spacial score (nSPS) is 19.3. The van der Waals surface area contributed by atoms with Gasteiger partial charge in [0, 0.05) is 0 Å². The van der Waals surface area contributed by atoms with Gasteiger partial charge < -0.3 is 10.1 Å². The van der Waals surface area contributed by atoms with Gasteiger partial charge in [0.25, 0.3) is 0 Å². The van der Waals surface area contributed by atoms with Gasteiger partial charge in [-0.1, -0.05) is 0 Å². The van der Waals surface area contributed by atoms with E-state index in [1.54, 1.807) is 6.20 Å². The molecule has 0 aromatic carbocycles. The highest BCUT2D eigenvalue weighted by Gasteiger charge is 2.30. The predicted octanol–water partition coefficient (Wildman–Crippen LogP) is 0.940. The summed E-state index contributed by atoms with van der Waals surface area (Å²) in [5.41, 5.74) is 0.682. The number of hydrogen-bond donors (Lipinski definition) is 2. The number of likely N-dealkylation sites (tertiary alicyclic amines) is 1. The van der Waals surface area contributed by atoms with Crippen molar-refractivity contribution in [3.63, 3.8) is 0 Å². The molecule has 5 nitrogen and oxygen atoms in total. The van der Waals surface area contributed by atoms with Gasteiger partial charge in [0.15, 0.2) is 6.04 Å². The molecule has 5 heteroatoms. The smallest absolute Gasteiger partial charge is 0.327 e. The monoisotopic (exact) mass is 209 g/mol. The van der Waals surface area contributed by atoms with Crippen molar-refractivity contribution in [2.24, 2.45) is 0 Å². The van der Waals surface area contributed by atoms with Crippen LogP contribution in [0.1, 0.15) is 30.4 Å². The van der Waals surface area contributed by atoms with E-state index in [9.17, 15) is 9.90 Å². The maximum atomic E-state index is 11.2. The minimum atomic E-state index is -0.805. The Morgan fingerprint density at radius 1 is 1.60 bits per heavy atom. The van der Waals surface area contributed by atoms with Crippen molar-refractivity contribution in [2.75, 3.05) is 13.1 Å². The molecular formula is C10H15N3O2. The third-order valence-electron chi connectivity index (χ3n) is 2.76. The molecule has 1 unspecified atom stereocenters. The molecule has 1 aliphatic heterocycles. The van der Waals surface area contributed by atoms with E-state index in [1.807, 2.05) is 11.8 Å². The third kappa shape index (κ3) is 2.02. The summed E-state index contributed by atoms with van der Waals surface area (Å²) in [6.45, 7) is 3.54. The molecule has 1 atom stereocenters. The van der Waals surface area contributed by atoms with Gasteiger partial charge in [-0.2, -0.15) is 0 Å². The molecule has 1 fully saturated rings. The number of carboxylic acids is 1. The van der Waals surface area contributed by atoms with Crippen LogP contribution < -0.4 is 0 Å². The molecule has 15 heavy (non-hydrogen) atoms. The van der Waals surface area contributed by atoms with E-state index >= 15 is 0 Å². The molecule has 82 valence electrons. The van der Waals surface area contributed by atoms with Crippen LogP contribution in [-0.2, 0) is 4.79 Å². The lowest BCUT2D eigenvalue weighted by molar-refractivity contribution is -0.143. The lowest BCUT2D eigenvalue weighted by atomic mass is 10.2. The maximum absolute atomic E-state index is 11.2. The van der Waals surface area contributed by atoms with Crippen LogP contribution >= 0.6 is 0 Å². The van der Waals surface area contributed by atoms with Crippen molar-refractivity contribution < 1.29 is 9.90 Å². The number of aromatic amines is 1. The van der Waals surface area contributed by atoms with Crippen molar-refractivity contribution in [1.82, 2.24) is 14.9 Å². The first-order chi connectivity index (χ1) is 7.18. The largest absolute Gasteiger partial charge is 0.480 e. The molecule has 1 aromatic heterocycles. The van der Waals surface area contributed by atoms with Gasteiger partial charge in [-0.15, -0.1) is 0 Å². The summed E-state index contributed by atoms with van der Waals surface area (Å²) in [4.78, 5) is 20.2. The second kappa shape index (κ2) is 4.02. The Morgan fingerprint density at radius 2 is 2.27 bits per heavy atom. The molecule has 0 radical (unpaired) electrons. The van der Waals surface area contributed by atoms with E-state index in [1.165, 1.54) is 0 Å². The van der Waals surface area contributed by atoms with Crippen molar-refractivity contribution in [2.45, 2.75) is 25.8 Å². The van der Waals surface area contributed by atoms with Gasteiger partial charge in [0.2, 0.25) is 0 Å². The predicted molar refractivity (Wildman–Crippen MR) is 54.5 cm³/mol. The number of carbonyl (C=O) groups is 1. The molecule has 1 aromatic rings. The SMILES string of the molecule is Cc1ncc(C(C(=O)O)N2CCCC2)[nH]1. The maximum Gasteiger partial charge on any atom is 0.327 e. The quantitative estimate of drug-likeness (QED) is 0.777. The zero-order chi connectivity index (χ0) is 10.8. The van der Waals surface area contributed by atoms with Crippen molar-refractivity contribution in [3.05, 3.63) is 17.7 Å². The second-order valence-electron chi connectivity index (χ2n) is 3.91. The average molecular weight is 209 g/mol. The van der Waals surface area contributed by atoms with E-state index in [2.05, 4.69) is 9.97 Å². The minimum absolute atomic E-state index is 0.561. The van der Waals surface area contributed by atoms with E-state index in [-0.39, 0.29) is 0 Å². The molecule has 1 aliphatic rings. The summed E-state index contributed by atoms with van der Waals surface area (Å²) in [5, 5.41) is 9.21. The van der Waals surface area contributed by atoms with Crippen LogP contribution in [-0.4, -0.2) is 39.0 Å². The average Bonchev–Trinajstić information content (AvgIpc) is 2.77. The first-order valence-corrected chi connectivity index (χ1v) is 5.17. The highest BCUT2D eigenvalue weighted by Crippen LogP contribution is 2.23. The van der Waals surface area contributed by atoms with Crippen LogP contribution in [0, 0.1) is 6.92 Å². The van der Waals surface area contributed by atoms with E-state index < -0.39 is 12.0 Å². The van der Waals surface area contributed by atoms with Crippen LogP contribution in [0.15, 0.2) is 6.20 Å². The molecule has 2 rings (SSSR count). The third-order valence-corrected chi connectivity index (χ3v) is 2.76. The molecule has 0 aliphatic carbocycles. The molecule has 1 saturated heterocycles. The van der Waals surface area contributed by atoms with Gasteiger partial charge in [-0.25, -0.2) is 4.98 Å². The Morgan fingerprint density at radius 3 is 2.73 bits per heavy atom. The van der Waals surface area contributed by atoms with Crippen LogP contribution in [0.3, 0.4) is 0 Å². The summed E-state index contributed by atoms with van der Waals surface area (Å²) in [6.07, 6.45) is 3.78. The number of imidazole rings is 1. The van der Waals surface area contributed by atoms with Gasteiger partial charge >= 0.3 is 5.97 Å². The van der Waals surface area contributed by atoms with Gasteiger partial charge in [-0.3, -0.25) is 9.69 Å². The van der Waals surface area contributed by atoms with Crippen LogP contribution in [0.2, 0.25) is 0 Å². The Bertz CT molecular complexity index is 355. The molecule has 2 N–H and O–H groups in total. The summed E-state index contributed by atoms with van der Waals surface area (Å²) < 4.78 is 0. The molecule has 0 amide bonds. The number of rotatable bonds is 3. The molecule has 2 heterocycles. The minimum Gasteiger partial charge on any atom is -0.480 e. The lowest BCUT2D eigenvalue weighted by Gasteiger charge is -2.22. The van der Waals surface area contributed by atoms with E-state index in [0.29, 0.717) is 5.69 Å². The fourth-order valence-corrected chi connectivity index (χ4v) is 2.06. The number of H-pyrrole nitrogens is 1. The fourth-order valence-electron chi connectivity index (χ4n) is 2.06. The highest BCUT2D eigenvalue weighted by atomic mass is 16.4. The topological polar surface area (TPSA) is 69.2 Å². The van der Waals surface area contributed by atoms with Crippen LogP contribution in [0.5, 0.6) is 0 Å². The number of aromatic nitrogens is 2. The van der Waals surface area contributed by atoms with Gasteiger partial charge in [0.05, 0.1) is 11.9 Å². The van der Waals surface area contributed by atoms with Gasteiger partial charge in [-0.05, 0) is 32.9 Å². The Balaban J connectivity index is 2.22. The number of nitrogens with zero attached hydrogens (tertiary/aromatic N) is 2. The lowest BCUT2D eigenvalue weighted by Crippen LogP contribution is -2.31. The fraction of sp³-hybridized carbons (Fsp3) is 0.600. The van der Waals surface area contributed by atoms with Crippen molar-refractivity contribution >= 4 is 5.97 Å². The standard InChI is InChI=1S/C10H15N3O2/c1-7-11-6-8(12-7)9(10(14)15)13-4-2-3-5-13/h6,9H,2-5H2,1H3,(H,11,12)(H,14,15). The van der Waals surface area contributed by atoms with Crippen molar-refractivity contribution in [3.8, 4) is 0 Å². The first kappa shape index (κ1) is 10.2. The first-order valence-electron chi connectivity index (χ1n) is 5.17. The Labute approximate surface area is 88.1 Å². The summed E-state index contributed by atoms with van der Waals surface area (Å²) in [7, 11) is 0. The van der Waals surface area contributed by atoms with E-state index in [4.69, 9.17) is 0 Å². The highest BCUT2D eigenvalue weighted by molar-refractivity contribution is 5.74.